The van der Waals surface area contributed by atoms with Crippen molar-refractivity contribution in [1.82, 2.24) is 9.55 Å². The molecule has 0 atom stereocenters. The van der Waals surface area contributed by atoms with Gasteiger partial charge in [-0.05, 0) is 20.8 Å². The number of carboxylic acids is 1. The molecule has 0 aliphatic heterocycles. The Hall–Kier alpha value is -1.85. The highest BCUT2D eigenvalue weighted by Gasteiger charge is 2.14. The van der Waals surface area contributed by atoms with E-state index in [4.69, 9.17) is 5.11 Å². The molecule has 1 heterocycles. The molecule has 1 aromatic rings. The Morgan fingerprint density at radius 1 is 1.47 bits per heavy atom. The van der Waals surface area contributed by atoms with Crippen LogP contribution in [0.25, 0.3) is 0 Å². The van der Waals surface area contributed by atoms with E-state index in [-0.39, 0.29) is 12.1 Å². The zero-order valence-electron chi connectivity index (χ0n) is 10.3. The zero-order valence-corrected chi connectivity index (χ0v) is 10.3. The van der Waals surface area contributed by atoms with Crippen molar-refractivity contribution < 1.29 is 9.90 Å². The summed E-state index contributed by atoms with van der Waals surface area (Å²) < 4.78 is 1.18. The van der Waals surface area contributed by atoms with Crippen LogP contribution in [0.5, 0.6) is 0 Å². The van der Waals surface area contributed by atoms with Crippen LogP contribution < -0.4 is 10.5 Å². The van der Waals surface area contributed by atoms with Gasteiger partial charge >= 0.3 is 5.97 Å². The predicted octanol–water partition coefficient (Wildman–Crippen LogP) is 0.483. The summed E-state index contributed by atoms with van der Waals surface area (Å²) in [5.41, 5.74) is 0.264. The summed E-state index contributed by atoms with van der Waals surface area (Å²) in [5, 5.41) is 8.81. The first kappa shape index (κ1) is 13.2. The molecule has 0 saturated heterocycles. The predicted molar refractivity (Wildman–Crippen MR) is 64.4 cm³/mol. The molecule has 1 rings (SSSR count). The van der Waals surface area contributed by atoms with Gasteiger partial charge in [0.2, 0.25) is 5.95 Å². The van der Waals surface area contributed by atoms with Crippen molar-refractivity contribution in [3.8, 4) is 0 Å². The first-order valence-electron chi connectivity index (χ1n) is 5.54. The number of nitrogens with zero attached hydrogens (tertiary/aromatic N) is 3. The summed E-state index contributed by atoms with van der Waals surface area (Å²) >= 11 is 0. The number of carboxylic acid groups (broad SMARTS) is 1. The van der Waals surface area contributed by atoms with Crippen LogP contribution in [0.4, 0.5) is 5.95 Å². The van der Waals surface area contributed by atoms with E-state index >= 15 is 0 Å². The summed E-state index contributed by atoms with van der Waals surface area (Å²) in [5.74, 6) is -0.631. The van der Waals surface area contributed by atoms with Crippen molar-refractivity contribution in [2.24, 2.45) is 0 Å². The van der Waals surface area contributed by atoms with Gasteiger partial charge in [0.25, 0.3) is 5.56 Å². The number of anilines is 1. The average molecular weight is 239 g/mol. The molecule has 0 spiro atoms. The lowest BCUT2D eigenvalue weighted by molar-refractivity contribution is -0.137. The Morgan fingerprint density at radius 2 is 2.06 bits per heavy atom. The maximum absolute atomic E-state index is 11.8. The fourth-order valence-corrected chi connectivity index (χ4v) is 1.64. The van der Waals surface area contributed by atoms with E-state index in [9.17, 15) is 9.59 Å². The molecule has 0 unspecified atom stereocenters. The van der Waals surface area contributed by atoms with Crippen LogP contribution in [0.15, 0.2) is 10.9 Å². The van der Waals surface area contributed by atoms with Crippen LogP contribution in [0, 0.1) is 6.92 Å². The lowest BCUT2D eigenvalue weighted by Crippen LogP contribution is -2.34. The van der Waals surface area contributed by atoms with E-state index in [1.807, 2.05) is 18.7 Å². The summed E-state index contributed by atoms with van der Waals surface area (Å²) in [6.07, 6.45) is 0. The van der Waals surface area contributed by atoms with Crippen molar-refractivity contribution >= 4 is 11.9 Å². The number of hydrogen-bond acceptors (Lipinski definition) is 4. The number of carbonyl (C=O) groups is 1. The lowest BCUT2D eigenvalue weighted by atomic mass is 10.4. The van der Waals surface area contributed by atoms with E-state index in [0.29, 0.717) is 24.7 Å². The molecule has 0 radical (unpaired) electrons. The van der Waals surface area contributed by atoms with E-state index < -0.39 is 5.97 Å². The van der Waals surface area contributed by atoms with Crippen molar-refractivity contribution in [2.45, 2.75) is 27.3 Å². The largest absolute Gasteiger partial charge is 0.480 e. The molecule has 0 saturated carbocycles. The Balaban J connectivity index is 3.33. The lowest BCUT2D eigenvalue weighted by Gasteiger charge is -2.23. The highest BCUT2D eigenvalue weighted by molar-refractivity contribution is 5.67. The van der Waals surface area contributed by atoms with Crippen LogP contribution in [-0.2, 0) is 11.3 Å². The quantitative estimate of drug-likeness (QED) is 0.809. The smallest absolute Gasteiger partial charge is 0.323 e. The van der Waals surface area contributed by atoms with Gasteiger partial charge in [-0.2, -0.15) is 0 Å². The van der Waals surface area contributed by atoms with Crippen molar-refractivity contribution in [3.05, 3.63) is 22.1 Å². The Bertz CT molecular complexity index is 464. The van der Waals surface area contributed by atoms with Crippen LogP contribution in [0.2, 0.25) is 0 Å². The molecule has 0 fully saturated rings. The molecular formula is C11H17N3O3. The topological polar surface area (TPSA) is 75.4 Å². The molecule has 1 N–H and O–H groups in total. The van der Waals surface area contributed by atoms with Gasteiger partial charge in [0, 0.05) is 24.8 Å². The van der Waals surface area contributed by atoms with Crippen molar-refractivity contribution in [3.63, 3.8) is 0 Å². The highest BCUT2D eigenvalue weighted by atomic mass is 16.4. The van der Waals surface area contributed by atoms with Gasteiger partial charge in [-0.15, -0.1) is 0 Å². The highest BCUT2D eigenvalue weighted by Crippen LogP contribution is 2.09. The van der Waals surface area contributed by atoms with Gasteiger partial charge in [0.1, 0.15) is 6.54 Å². The minimum absolute atomic E-state index is 0.332. The SMILES string of the molecule is CCN(CC)c1nc(C)cc(=O)n1CC(=O)O. The summed E-state index contributed by atoms with van der Waals surface area (Å²) in [6.45, 7) is 6.57. The Morgan fingerprint density at radius 3 is 2.53 bits per heavy atom. The van der Waals surface area contributed by atoms with Crippen LogP contribution in [0.1, 0.15) is 19.5 Å². The monoisotopic (exact) mass is 239 g/mol. The summed E-state index contributed by atoms with van der Waals surface area (Å²) in [7, 11) is 0. The van der Waals surface area contributed by atoms with Gasteiger partial charge in [0.15, 0.2) is 0 Å². The first-order valence-corrected chi connectivity index (χ1v) is 5.54. The molecule has 0 amide bonds. The van der Waals surface area contributed by atoms with E-state index in [2.05, 4.69) is 4.98 Å². The van der Waals surface area contributed by atoms with Crippen LogP contribution in [-0.4, -0.2) is 33.7 Å². The molecule has 6 nitrogen and oxygen atoms in total. The number of hydrogen-bond donors (Lipinski definition) is 1. The molecule has 0 aromatic carbocycles. The van der Waals surface area contributed by atoms with Gasteiger partial charge < -0.3 is 10.0 Å². The second kappa shape index (κ2) is 5.47. The molecular weight excluding hydrogens is 222 g/mol. The van der Waals surface area contributed by atoms with Crippen molar-refractivity contribution in [2.75, 3.05) is 18.0 Å². The average Bonchev–Trinajstić information content (AvgIpc) is 2.24. The van der Waals surface area contributed by atoms with Gasteiger partial charge in [-0.1, -0.05) is 0 Å². The molecule has 6 heteroatoms. The molecule has 0 aliphatic carbocycles. The van der Waals surface area contributed by atoms with E-state index in [1.165, 1.54) is 10.6 Å². The summed E-state index contributed by atoms with van der Waals surface area (Å²) in [6, 6.07) is 1.34. The fourth-order valence-electron chi connectivity index (χ4n) is 1.64. The first-order chi connectivity index (χ1) is 7.99. The van der Waals surface area contributed by atoms with Crippen LogP contribution >= 0.6 is 0 Å². The third kappa shape index (κ3) is 3.05. The van der Waals surface area contributed by atoms with Gasteiger partial charge in [-0.25, -0.2) is 4.98 Å². The minimum Gasteiger partial charge on any atom is -0.480 e. The Labute approximate surface area is 99.5 Å². The second-order valence-corrected chi connectivity index (χ2v) is 3.69. The van der Waals surface area contributed by atoms with E-state index in [0.717, 1.165) is 0 Å². The standard InChI is InChI=1S/C11H17N3O3/c1-4-13(5-2)11-12-8(3)6-9(15)14(11)7-10(16)17/h6H,4-5,7H2,1-3H3,(H,16,17). The number of aromatic nitrogens is 2. The van der Waals surface area contributed by atoms with Gasteiger partial charge in [0.05, 0.1) is 0 Å². The third-order valence-electron chi connectivity index (χ3n) is 2.46. The fraction of sp³-hybridized carbons (Fsp3) is 0.545. The second-order valence-electron chi connectivity index (χ2n) is 3.69. The Kier molecular flexibility index (Phi) is 4.25. The normalized spacial score (nSPS) is 10.3. The molecule has 94 valence electrons. The number of aryl methyl sites for hydroxylation is 1. The molecule has 0 aliphatic rings. The van der Waals surface area contributed by atoms with Crippen molar-refractivity contribution in [1.29, 1.82) is 0 Å². The van der Waals surface area contributed by atoms with Crippen LogP contribution in [0.3, 0.4) is 0 Å². The van der Waals surface area contributed by atoms with Gasteiger partial charge in [-0.3, -0.25) is 14.2 Å². The van der Waals surface area contributed by atoms with E-state index in [1.54, 1.807) is 6.92 Å². The zero-order chi connectivity index (χ0) is 13.0. The third-order valence-corrected chi connectivity index (χ3v) is 2.46. The molecule has 17 heavy (non-hydrogen) atoms. The summed E-state index contributed by atoms with van der Waals surface area (Å²) in [4.78, 5) is 28.6. The minimum atomic E-state index is -1.05. The maximum Gasteiger partial charge on any atom is 0.323 e. The number of aliphatic carboxylic acids is 1. The maximum atomic E-state index is 11.8. The molecule has 0 bridgehead atoms. The molecule has 1 aromatic heterocycles. The number of rotatable bonds is 5.